The smallest absolute Gasteiger partial charge is 0.130 e. The van der Waals surface area contributed by atoms with Crippen LogP contribution in [0.25, 0.3) is 0 Å². The molecule has 0 unspecified atom stereocenters. The van der Waals surface area contributed by atoms with Gasteiger partial charge < -0.3 is 21.1 Å². The fourth-order valence-electron chi connectivity index (χ4n) is 2.70. The third kappa shape index (κ3) is 6.76. The Bertz CT molecular complexity index is 425. The Morgan fingerprint density at radius 3 is 1.68 bits per heavy atom. The quantitative estimate of drug-likeness (QED) is 0.357. The van der Waals surface area contributed by atoms with E-state index in [1.54, 1.807) is 14.2 Å². The van der Waals surface area contributed by atoms with Gasteiger partial charge in [-0.25, -0.2) is 0 Å². The Kier molecular flexibility index (Phi) is 11.3. The molecular formula is C17H29ClO2PPd-. The molecule has 0 saturated heterocycles. The van der Waals surface area contributed by atoms with Crippen molar-refractivity contribution in [3.63, 3.8) is 0 Å². The number of rotatable bonds is 3. The SMILES string of the molecule is COc1ccc(P(C(C)(C)C)C(C)(C)C)c(OC)c1.[CH2-]Cl.[Pd]. The zero-order valence-electron chi connectivity index (χ0n) is 14.9. The first kappa shape index (κ1) is 24.5. The molecule has 0 atom stereocenters. The molecule has 0 aromatic heterocycles. The molecule has 22 heavy (non-hydrogen) atoms. The van der Waals surface area contributed by atoms with Crippen LogP contribution in [0.2, 0.25) is 0 Å². The average Bonchev–Trinajstić information content (AvgIpc) is 2.38. The van der Waals surface area contributed by atoms with Gasteiger partial charge >= 0.3 is 0 Å². The molecule has 1 aromatic carbocycles. The molecular weight excluding hydrogens is 409 g/mol. The predicted octanol–water partition coefficient (Wildman–Crippen LogP) is 5.42. The molecule has 0 radical (unpaired) electrons. The second-order valence-electron chi connectivity index (χ2n) is 6.71. The Morgan fingerprint density at radius 1 is 0.909 bits per heavy atom. The number of hydrogen-bond donors (Lipinski definition) is 0. The van der Waals surface area contributed by atoms with Crippen molar-refractivity contribution < 1.29 is 29.9 Å². The van der Waals surface area contributed by atoms with Crippen LogP contribution in [0, 0.1) is 6.38 Å². The van der Waals surface area contributed by atoms with Crippen LogP contribution in [0.4, 0.5) is 0 Å². The van der Waals surface area contributed by atoms with E-state index in [2.05, 4.69) is 65.6 Å². The topological polar surface area (TPSA) is 18.5 Å². The van der Waals surface area contributed by atoms with Crippen LogP contribution in [-0.4, -0.2) is 24.5 Å². The normalized spacial score (nSPS) is 11.2. The molecule has 132 valence electrons. The molecule has 0 aliphatic heterocycles. The van der Waals surface area contributed by atoms with E-state index in [4.69, 9.17) is 9.47 Å². The van der Waals surface area contributed by atoms with Gasteiger partial charge in [0.2, 0.25) is 0 Å². The van der Waals surface area contributed by atoms with Crippen molar-refractivity contribution in [2.45, 2.75) is 51.9 Å². The average molecular weight is 438 g/mol. The molecule has 2 nitrogen and oxygen atoms in total. The van der Waals surface area contributed by atoms with Gasteiger partial charge in [-0.1, -0.05) is 49.5 Å². The third-order valence-corrected chi connectivity index (χ3v) is 6.50. The summed E-state index contributed by atoms with van der Waals surface area (Å²) in [7, 11) is 3.06. The predicted molar refractivity (Wildman–Crippen MR) is 96.8 cm³/mol. The van der Waals surface area contributed by atoms with Gasteiger partial charge in [0.15, 0.2) is 0 Å². The second kappa shape index (κ2) is 10.1. The van der Waals surface area contributed by atoms with E-state index in [0.29, 0.717) is 0 Å². The molecule has 5 heteroatoms. The Balaban J connectivity index is 0. The molecule has 0 aliphatic rings. The van der Waals surface area contributed by atoms with E-state index in [9.17, 15) is 0 Å². The fraction of sp³-hybridized carbons (Fsp3) is 0.588. The van der Waals surface area contributed by atoms with E-state index in [1.807, 2.05) is 12.1 Å². The minimum atomic E-state index is -0.362. The summed E-state index contributed by atoms with van der Waals surface area (Å²) >= 11 is 4.39. The van der Waals surface area contributed by atoms with Crippen LogP contribution in [0.1, 0.15) is 41.5 Å². The van der Waals surface area contributed by atoms with Gasteiger partial charge in [0.1, 0.15) is 11.5 Å². The van der Waals surface area contributed by atoms with Gasteiger partial charge in [0.25, 0.3) is 0 Å². The van der Waals surface area contributed by atoms with Crippen molar-refractivity contribution >= 4 is 24.8 Å². The van der Waals surface area contributed by atoms with Gasteiger partial charge in [-0.2, -0.15) is 0 Å². The number of benzene rings is 1. The molecule has 1 aromatic rings. The summed E-state index contributed by atoms with van der Waals surface area (Å²) in [5.74, 6) is 1.79. The first-order valence-corrected chi connectivity index (χ1v) is 8.78. The summed E-state index contributed by atoms with van der Waals surface area (Å²) in [6, 6.07) is 6.19. The van der Waals surface area contributed by atoms with Crippen molar-refractivity contribution in [1.82, 2.24) is 0 Å². The van der Waals surface area contributed by atoms with Gasteiger partial charge in [-0.15, -0.1) is 0 Å². The largest absolute Gasteiger partial charge is 0.497 e. The zero-order valence-corrected chi connectivity index (χ0v) is 18.1. The zero-order chi connectivity index (χ0) is 16.8. The first-order chi connectivity index (χ1) is 9.61. The maximum Gasteiger partial charge on any atom is 0.130 e. The van der Waals surface area contributed by atoms with Crippen LogP contribution in [0.5, 0.6) is 11.5 Å². The third-order valence-electron chi connectivity index (χ3n) is 2.97. The Labute approximate surface area is 156 Å². The summed E-state index contributed by atoms with van der Waals surface area (Å²) in [6.07, 6.45) is 2.72. The Morgan fingerprint density at radius 2 is 1.36 bits per heavy atom. The van der Waals surface area contributed by atoms with E-state index in [0.717, 1.165) is 11.5 Å². The molecule has 0 heterocycles. The molecule has 0 saturated carbocycles. The first-order valence-electron chi connectivity index (χ1n) is 6.90. The molecule has 1 rings (SSSR count). The van der Waals surface area contributed by atoms with Crippen molar-refractivity contribution in [2.75, 3.05) is 14.2 Å². The summed E-state index contributed by atoms with van der Waals surface area (Å²) in [6.45, 7) is 13.9. The minimum Gasteiger partial charge on any atom is -0.497 e. The van der Waals surface area contributed by atoms with E-state index < -0.39 is 0 Å². The molecule has 0 amide bonds. The van der Waals surface area contributed by atoms with Crippen molar-refractivity contribution in [3.8, 4) is 11.5 Å². The fourth-order valence-corrected chi connectivity index (χ4v) is 6.76. The van der Waals surface area contributed by atoms with Crippen LogP contribution >= 0.6 is 19.5 Å². The van der Waals surface area contributed by atoms with Crippen molar-refractivity contribution in [1.29, 1.82) is 0 Å². The maximum absolute atomic E-state index is 5.60. The molecule has 0 bridgehead atoms. The van der Waals surface area contributed by atoms with Gasteiger partial charge in [-0.05, 0) is 22.4 Å². The standard InChI is InChI=1S/C16H27O2P.CH2Cl.Pd/c1-15(2,3)19(16(4,5)6)14-10-9-12(17-7)11-13(14)18-8;1-2;/h9-11H,1-8H3;1H2;/q;-1;. The molecule has 0 N–H and O–H groups in total. The van der Waals surface area contributed by atoms with Crippen LogP contribution in [-0.2, 0) is 20.4 Å². The molecule has 0 spiro atoms. The molecule has 0 aliphatic carbocycles. The van der Waals surface area contributed by atoms with E-state index >= 15 is 0 Å². The number of ether oxygens (including phenoxy) is 2. The molecule has 0 fully saturated rings. The van der Waals surface area contributed by atoms with Gasteiger partial charge in [-0.3, -0.25) is 6.38 Å². The Hall–Kier alpha value is 0.202. The van der Waals surface area contributed by atoms with Gasteiger partial charge in [0.05, 0.1) is 14.2 Å². The number of halogens is 1. The minimum absolute atomic E-state index is 0. The van der Waals surface area contributed by atoms with Crippen molar-refractivity contribution in [2.24, 2.45) is 0 Å². The summed E-state index contributed by atoms with van der Waals surface area (Å²) in [4.78, 5) is 0. The van der Waals surface area contributed by atoms with Crippen LogP contribution < -0.4 is 14.8 Å². The summed E-state index contributed by atoms with van der Waals surface area (Å²) < 4.78 is 10.9. The maximum atomic E-state index is 5.60. The second-order valence-corrected chi connectivity index (χ2v) is 10.6. The number of hydrogen-bond acceptors (Lipinski definition) is 2. The van der Waals surface area contributed by atoms with E-state index in [-0.39, 0.29) is 38.7 Å². The number of methoxy groups -OCH3 is 2. The summed E-state index contributed by atoms with van der Waals surface area (Å²) in [5, 5.41) is 1.78. The summed E-state index contributed by atoms with van der Waals surface area (Å²) in [5.41, 5.74) is 0. The van der Waals surface area contributed by atoms with Crippen LogP contribution in [0.3, 0.4) is 0 Å². The van der Waals surface area contributed by atoms with E-state index in [1.165, 1.54) is 5.30 Å². The van der Waals surface area contributed by atoms with Gasteiger partial charge in [0, 0.05) is 31.8 Å². The van der Waals surface area contributed by atoms with Crippen LogP contribution in [0.15, 0.2) is 18.2 Å². The van der Waals surface area contributed by atoms with Crippen molar-refractivity contribution in [3.05, 3.63) is 24.6 Å². The monoisotopic (exact) mass is 437 g/mol.